The zero-order chi connectivity index (χ0) is 12.9. The number of likely N-dealkylation sites (N-methyl/N-ethyl adjacent to an activating group) is 1. The van der Waals surface area contributed by atoms with Crippen molar-refractivity contribution in [1.82, 2.24) is 9.80 Å². The van der Waals surface area contributed by atoms with Crippen LogP contribution in [-0.4, -0.2) is 62.4 Å². The normalized spacial score (nSPS) is 19.3. The minimum atomic E-state index is -1.03. The Bertz CT molecular complexity index is 251. The molecule has 1 saturated heterocycles. The molecular weight excluding hydrogens is 223 g/mol. The lowest BCUT2D eigenvalue weighted by molar-refractivity contribution is -0.158. The summed E-state index contributed by atoms with van der Waals surface area (Å²) in [4.78, 5) is 16.1. The fraction of sp³-hybridized carbons (Fsp3) is 0.917. The summed E-state index contributed by atoms with van der Waals surface area (Å²) >= 11 is 0. The molecule has 1 heterocycles. The lowest BCUT2D eigenvalue weighted by atomic mass is 9.89. The van der Waals surface area contributed by atoms with Crippen LogP contribution < -0.4 is 0 Å². The van der Waals surface area contributed by atoms with Crippen molar-refractivity contribution >= 4 is 5.97 Å². The van der Waals surface area contributed by atoms with E-state index in [1.165, 1.54) is 0 Å². The Morgan fingerprint density at radius 3 is 2.41 bits per heavy atom. The fourth-order valence-electron chi connectivity index (χ4n) is 1.86. The first-order valence-corrected chi connectivity index (χ1v) is 6.10. The molecular formula is C12H23FN2O2. The highest BCUT2D eigenvalue weighted by molar-refractivity contribution is 5.75. The van der Waals surface area contributed by atoms with Crippen molar-refractivity contribution < 1.29 is 13.9 Å². The van der Waals surface area contributed by atoms with Gasteiger partial charge in [0.1, 0.15) is 0 Å². The Balaban J connectivity index is 2.31. The fourth-order valence-corrected chi connectivity index (χ4v) is 1.86. The standard InChI is InChI=1S/C12H23FN2O2/c1-12(2,11(16)17-10-13)4-5-15-8-6-14(3)7-9-15/h4-10H2,1-3H3. The topological polar surface area (TPSA) is 32.8 Å². The minimum absolute atomic E-state index is 0.450. The maximum Gasteiger partial charge on any atom is 0.313 e. The van der Waals surface area contributed by atoms with Crippen molar-refractivity contribution in [1.29, 1.82) is 0 Å². The van der Waals surface area contributed by atoms with E-state index in [9.17, 15) is 9.18 Å². The SMILES string of the molecule is CN1CCN(CCC(C)(C)C(=O)OCF)CC1. The molecule has 0 aliphatic carbocycles. The number of piperazine rings is 1. The quantitative estimate of drug-likeness (QED) is 0.681. The number of esters is 1. The van der Waals surface area contributed by atoms with Crippen LogP contribution in [0.15, 0.2) is 0 Å². The maximum absolute atomic E-state index is 12.0. The Hall–Kier alpha value is -0.680. The van der Waals surface area contributed by atoms with E-state index in [2.05, 4.69) is 21.6 Å². The summed E-state index contributed by atoms with van der Waals surface area (Å²) in [5, 5.41) is 0. The molecule has 0 amide bonds. The summed E-state index contributed by atoms with van der Waals surface area (Å²) in [6.07, 6.45) is 0.704. The second kappa shape index (κ2) is 6.31. The number of ether oxygens (including phenoxy) is 1. The highest BCUT2D eigenvalue weighted by atomic mass is 19.1. The third-order valence-corrected chi connectivity index (χ3v) is 3.39. The van der Waals surface area contributed by atoms with Gasteiger partial charge in [0.2, 0.25) is 6.86 Å². The summed E-state index contributed by atoms with van der Waals surface area (Å²) in [6, 6.07) is 0. The van der Waals surface area contributed by atoms with Gasteiger partial charge >= 0.3 is 5.97 Å². The van der Waals surface area contributed by atoms with Crippen molar-refractivity contribution in [2.24, 2.45) is 5.41 Å². The van der Waals surface area contributed by atoms with Crippen molar-refractivity contribution in [3.05, 3.63) is 0 Å². The van der Waals surface area contributed by atoms with Crippen molar-refractivity contribution in [2.45, 2.75) is 20.3 Å². The molecule has 1 aliphatic rings. The van der Waals surface area contributed by atoms with E-state index in [0.717, 1.165) is 32.7 Å². The molecule has 17 heavy (non-hydrogen) atoms. The average molecular weight is 246 g/mol. The van der Waals surface area contributed by atoms with E-state index in [0.29, 0.717) is 6.42 Å². The smallest absolute Gasteiger partial charge is 0.313 e. The first kappa shape index (κ1) is 14.4. The molecule has 1 fully saturated rings. The molecule has 0 N–H and O–H groups in total. The number of carbonyl (C=O) groups is 1. The van der Waals surface area contributed by atoms with Gasteiger partial charge in [0, 0.05) is 26.2 Å². The van der Waals surface area contributed by atoms with E-state index in [4.69, 9.17) is 0 Å². The Morgan fingerprint density at radius 2 is 1.88 bits per heavy atom. The molecule has 0 saturated carbocycles. The molecule has 1 aliphatic heterocycles. The van der Waals surface area contributed by atoms with Gasteiger partial charge in [-0.15, -0.1) is 0 Å². The van der Waals surface area contributed by atoms with E-state index in [1.807, 2.05) is 0 Å². The van der Waals surface area contributed by atoms with E-state index >= 15 is 0 Å². The van der Waals surface area contributed by atoms with Crippen molar-refractivity contribution in [3.63, 3.8) is 0 Å². The largest absolute Gasteiger partial charge is 0.433 e. The van der Waals surface area contributed by atoms with Gasteiger partial charge in [-0.3, -0.25) is 4.79 Å². The Labute approximate surface area is 103 Å². The van der Waals surface area contributed by atoms with Gasteiger partial charge < -0.3 is 14.5 Å². The molecule has 0 bridgehead atoms. The molecule has 0 atom stereocenters. The van der Waals surface area contributed by atoms with Crippen LogP contribution in [0.3, 0.4) is 0 Å². The highest BCUT2D eigenvalue weighted by Gasteiger charge is 2.30. The van der Waals surface area contributed by atoms with Gasteiger partial charge in [-0.2, -0.15) is 0 Å². The second-order valence-corrected chi connectivity index (χ2v) is 5.32. The van der Waals surface area contributed by atoms with E-state index < -0.39 is 18.2 Å². The predicted molar refractivity (Wildman–Crippen MR) is 64.4 cm³/mol. The highest BCUT2D eigenvalue weighted by Crippen LogP contribution is 2.23. The number of rotatable bonds is 5. The number of alkyl halides is 1. The van der Waals surface area contributed by atoms with Gasteiger partial charge in [0.25, 0.3) is 0 Å². The number of halogens is 1. The molecule has 5 heteroatoms. The first-order chi connectivity index (χ1) is 7.95. The maximum atomic E-state index is 12.0. The zero-order valence-corrected chi connectivity index (χ0v) is 11.0. The third kappa shape index (κ3) is 4.60. The van der Waals surface area contributed by atoms with Crippen LogP contribution in [0, 0.1) is 5.41 Å². The number of nitrogens with zero attached hydrogens (tertiary/aromatic N) is 2. The van der Waals surface area contributed by atoms with Crippen LogP contribution in [0.1, 0.15) is 20.3 Å². The summed E-state index contributed by atoms with van der Waals surface area (Å²) in [5.41, 5.74) is -0.602. The van der Waals surface area contributed by atoms with Gasteiger partial charge in [0.05, 0.1) is 5.41 Å². The lowest BCUT2D eigenvalue weighted by Gasteiger charge is -2.34. The van der Waals surface area contributed by atoms with Crippen molar-refractivity contribution in [3.8, 4) is 0 Å². The van der Waals surface area contributed by atoms with Crippen LogP contribution in [0.25, 0.3) is 0 Å². The zero-order valence-electron chi connectivity index (χ0n) is 11.0. The molecule has 0 unspecified atom stereocenters. The summed E-state index contributed by atoms with van der Waals surface area (Å²) in [6.45, 7) is 7.64. The first-order valence-electron chi connectivity index (χ1n) is 6.10. The monoisotopic (exact) mass is 246 g/mol. The Morgan fingerprint density at radius 1 is 1.29 bits per heavy atom. The van der Waals surface area contributed by atoms with E-state index in [-0.39, 0.29) is 0 Å². The molecule has 0 radical (unpaired) electrons. The van der Waals surface area contributed by atoms with Crippen LogP contribution in [0.2, 0.25) is 0 Å². The van der Waals surface area contributed by atoms with Gasteiger partial charge in [-0.25, -0.2) is 4.39 Å². The molecule has 0 aromatic rings. The van der Waals surface area contributed by atoms with Crippen LogP contribution in [0.4, 0.5) is 4.39 Å². The third-order valence-electron chi connectivity index (χ3n) is 3.39. The Kier molecular flexibility index (Phi) is 5.33. The summed E-state index contributed by atoms with van der Waals surface area (Å²) < 4.78 is 16.4. The number of hydrogen-bond donors (Lipinski definition) is 0. The van der Waals surface area contributed by atoms with E-state index in [1.54, 1.807) is 13.8 Å². The van der Waals surface area contributed by atoms with Crippen molar-refractivity contribution in [2.75, 3.05) is 46.6 Å². The number of hydrogen-bond acceptors (Lipinski definition) is 4. The molecule has 1 rings (SSSR count). The minimum Gasteiger partial charge on any atom is -0.433 e. The van der Waals surface area contributed by atoms with Gasteiger partial charge in [-0.1, -0.05) is 0 Å². The molecule has 0 spiro atoms. The summed E-state index contributed by atoms with van der Waals surface area (Å²) in [7, 11) is 2.11. The second-order valence-electron chi connectivity index (χ2n) is 5.32. The van der Waals surface area contributed by atoms with Crippen LogP contribution >= 0.6 is 0 Å². The predicted octanol–water partition coefficient (Wildman–Crippen LogP) is 1.12. The average Bonchev–Trinajstić information content (AvgIpc) is 2.29. The molecule has 0 aromatic carbocycles. The lowest BCUT2D eigenvalue weighted by Crippen LogP contribution is -2.45. The van der Waals surface area contributed by atoms with Crippen LogP contribution in [-0.2, 0) is 9.53 Å². The van der Waals surface area contributed by atoms with Gasteiger partial charge in [0.15, 0.2) is 0 Å². The van der Waals surface area contributed by atoms with Crippen LogP contribution in [0.5, 0.6) is 0 Å². The molecule has 4 nitrogen and oxygen atoms in total. The number of carbonyl (C=O) groups excluding carboxylic acids is 1. The van der Waals surface area contributed by atoms with Gasteiger partial charge in [-0.05, 0) is 33.9 Å². The molecule has 0 aromatic heterocycles. The molecule has 100 valence electrons. The summed E-state index contributed by atoms with van der Waals surface area (Å²) in [5.74, 6) is -0.450.